The monoisotopic (exact) mass is 254 g/mol. The molecule has 0 aliphatic heterocycles. The van der Waals surface area contributed by atoms with Crippen molar-refractivity contribution in [2.24, 2.45) is 17.6 Å². The van der Waals surface area contributed by atoms with E-state index in [0.717, 1.165) is 12.3 Å². The van der Waals surface area contributed by atoms with Gasteiger partial charge in [0, 0.05) is 19.5 Å². The Labute approximate surface area is 112 Å². The lowest BCUT2D eigenvalue weighted by Gasteiger charge is -2.35. The highest BCUT2D eigenvalue weighted by atomic mass is 16.2. The Morgan fingerprint density at radius 1 is 1.28 bits per heavy atom. The van der Waals surface area contributed by atoms with Gasteiger partial charge < -0.3 is 10.6 Å². The van der Waals surface area contributed by atoms with E-state index < -0.39 is 0 Å². The number of amides is 1. The first kappa shape index (κ1) is 15.5. The maximum atomic E-state index is 12.2. The molecule has 1 aliphatic rings. The van der Waals surface area contributed by atoms with Crippen LogP contribution in [0.3, 0.4) is 0 Å². The standard InChI is InChI=1S/C15H30N2O/c1-4-12-6-8-14(9-7-12)17(3)15(18)10-13(5-2)11-16/h12-14H,4-11,16H2,1-3H3. The molecule has 1 fully saturated rings. The first-order valence-corrected chi connectivity index (χ1v) is 7.58. The van der Waals surface area contributed by atoms with E-state index in [1.165, 1.54) is 32.1 Å². The molecule has 3 nitrogen and oxygen atoms in total. The molecule has 0 aromatic heterocycles. The van der Waals surface area contributed by atoms with E-state index in [1.54, 1.807) is 0 Å². The number of nitrogens with two attached hydrogens (primary N) is 1. The SMILES string of the molecule is CCC1CCC(N(C)C(=O)CC(CC)CN)CC1. The minimum atomic E-state index is 0.284. The molecule has 106 valence electrons. The van der Waals surface area contributed by atoms with Crippen LogP contribution in [0, 0.1) is 11.8 Å². The quantitative estimate of drug-likeness (QED) is 0.792. The van der Waals surface area contributed by atoms with Gasteiger partial charge in [0.15, 0.2) is 0 Å². The Balaban J connectivity index is 2.39. The second kappa shape index (κ2) is 7.78. The molecule has 1 amide bonds. The second-order valence-corrected chi connectivity index (χ2v) is 5.80. The van der Waals surface area contributed by atoms with Gasteiger partial charge in [-0.05, 0) is 44.1 Å². The van der Waals surface area contributed by atoms with Crippen LogP contribution in [0.1, 0.15) is 58.8 Å². The molecule has 1 aliphatic carbocycles. The Hall–Kier alpha value is -0.570. The van der Waals surface area contributed by atoms with E-state index in [0.29, 0.717) is 24.9 Å². The third-order valence-corrected chi connectivity index (χ3v) is 4.71. The lowest BCUT2D eigenvalue weighted by molar-refractivity contribution is -0.133. The van der Waals surface area contributed by atoms with Gasteiger partial charge in [-0.2, -0.15) is 0 Å². The molecule has 1 saturated carbocycles. The molecule has 1 unspecified atom stereocenters. The molecule has 3 heteroatoms. The second-order valence-electron chi connectivity index (χ2n) is 5.80. The van der Waals surface area contributed by atoms with E-state index in [-0.39, 0.29) is 5.91 Å². The molecule has 0 saturated heterocycles. The lowest BCUT2D eigenvalue weighted by atomic mass is 9.84. The molecule has 0 aromatic rings. The van der Waals surface area contributed by atoms with Crippen LogP contribution >= 0.6 is 0 Å². The van der Waals surface area contributed by atoms with Crippen LogP contribution in [0.15, 0.2) is 0 Å². The summed E-state index contributed by atoms with van der Waals surface area (Å²) in [5, 5.41) is 0. The molecule has 1 atom stereocenters. The molecule has 0 spiro atoms. The normalized spacial score (nSPS) is 25.8. The van der Waals surface area contributed by atoms with Gasteiger partial charge in [-0.15, -0.1) is 0 Å². The number of hydrogen-bond donors (Lipinski definition) is 1. The largest absolute Gasteiger partial charge is 0.343 e. The maximum absolute atomic E-state index is 12.2. The van der Waals surface area contributed by atoms with Crippen LogP contribution in [-0.2, 0) is 4.79 Å². The highest BCUT2D eigenvalue weighted by Gasteiger charge is 2.26. The molecule has 0 heterocycles. The molecular formula is C15H30N2O. The van der Waals surface area contributed by atoms with E-state index in [1.807, 2.05) is 11.9 Å². The van der Waals surface area contributed by atoms with Crippen LogP contribution in [0.4, 0.5) is 0 Å². The van der Waals surface area contributed by atoms with Crippen molar-refractivity contribution in [3.05, 3.63) is 0 Å². The van der Waals surface area contributed by atoms with Crippen molar-refractivity contribution in [1.82, 2.24) is 4.90 Å². The zero-order valence-electron chi connectivity index (χ0n) is 12.3. The van der Waals surface area contributed by atoms with E-state index in [9.17, 15) is 4.79 Å². The first-order valence-electron chi connectivity index (χ1n) is 7.58. The van der Waals surface area contributed by atoms with Crippen LogP contribution < -0.4 is 5.73 Å². The molecule has 0 aromatic carbocycles. The third kappa shape index (κ3) is 4.27. The summed E-state index contributed by atoms with van der Waals surface area (Å²) >= 11 is 0. The smallest absolute Gasteiger partial charge is 0.222 e. The summed E-state index contributed by atoms with van der Waals surface area (Å²) in [7, 11) is 1.97. The van der Waals surface area contributed by atoms with Gasteiger partial charge in [0.1, 0.15) is 0 Å². The highest BCUT2D eigenvalue weighted by molar-refractivity contribution is 5.76. The minimum absolute atomic E-state index is 0.284. The first-order chi connectivity index (χ1) is 8.62. The van der Waals surface area contributed by atoms with Crippen LogP contribution in [0.25, 0.3) is 0 Å². The minimum Gasteiger partial charge on any atom is -0.343 e. The van der Waals surface area contributed by atoms with Gasteiger partial charge in [0.05, 0.1) is 0 Å². The summed E-state index contributed by atoms with van der Waals surface area (Å²) in [5.41, 5.74) is 5.68. The van der Waals surface area contributed by atoms with Crippen LogP contribution in [0.5, 0.6) is 0 Å². The van der Waals surface area contributed by atoms with Crippen LogP contribution in [-0.4, -0.2) is 30.4 Å². The molecule has 1 rings (SSSR count). The van der Waals surface area contributed by atoms with E-state index in [2.05, 4.69) is 13.8 Å². The topological polar surface area (TPSA) is 46.3 Å². The van der Waals surface area contributed by atoms with Crippen molar-refractivity contribution >= 4 is 5.91 Å². The maximum Gasteiger partial charge on any atom is 0.222 e. The van der Waals surface area contributed by atoms with Crippen molar-refractivity contribution in [1.29, 1.82) is 0 Å². The highest BCUT2D eigenvalue weighted by Crippen LogP contribution is 2.29. The Bertz CT molecular complexity index is 243. The molecule has 0 bridgehead atoms. The third-order valence-electron chi connectivity index (χ3n) is 4.71. The zero-order chi connectivity index (χ0) is 13.5. The summed E-state index contributed by atoms with van der Waals surface area (Å²) in [4.78, 5) is 14.2. The summed E-state index contributed by atoms with van der Waals surface area (Å²) in [5.74, 6) is 1.52. The molecule has 2 N–H and O–H groups in total. The van der Waals surface area contributed by atoms with Gasteiger partial charge in [-0.1, -0.05) is 26.7 Å². The molecule has 0 radical (unpaired) electrons. The summed E-state index contributed by atoms with van der Waals surface area (Å²) in [6.07, 6.45) is 7.84. The van der Waals surface area contributed by atoms with Crippen molar-refractivity contribution in [2.45, 2.75) is 64.8 Å². The summed E-state index contributed by atoms with van der Waals surface area (Å²) in [6, 6.07) is 0.468. The number of hydrogen-bond acceptors (Lipinski definition) is 2. The predicted molar refractivity (Wildman–Crippen MR) is 76.3 cm³/mol. The van der Waals surface area contributed by atoms with Crippen molar-refractivity contribution in [3.8, 4) is 0 Å². The van der Waals surface area contributed by atoms with Gasteiger partial charge >= 0.3 is 0 Å². The van der Waals surface area contributed by atoms with Gasteiger partial charge in [0.2, 0.25) is 5.91 Å². The van der Waals surface area contributed by atoms with Gasteiger partial charge in [-0.25, -0.2) is 0 Å². The number of rotatable bonds is 6. The number of nitrogens with zero attached hydrogens (tertiary/aromatic N) is 1. The van der Waals surface area contributed by atoms with E-state index in [4.69, 9.17) is 5.73 Å². The number of carbonyl (C=O) groups excluding carboxylic acids is 1. The lowest BCUT2D eigenvalue weighted by Crippen LogP contribution is -2.40. The summed E-state index contributed by atoms with van der Waals surface area (Å²) in [6.45, 7) is 5.00. The fraction of sp³-hybridized carbons (Fsp3) is 0.933. The van der Waals surface area contributed by atoms with Crippen molar-refractivity contribution in [3.63, 3.8) is 0 Å². The van der Waals surface area contributed by atoms with Crippen LogP contribution in [0.2, 0.25) is 0 Å². The number of carbonyl (C=O) groups is 1. The fourth-order valence-electron chi connectivity index (χ4n) is 2.93. The van der Waals surface area contributed by atoms with Gasteiger partial charge in [0.25, 0.3) is 0 Å². The van der Waals surface area contributed by atoms with E-state index >= 15 is 0 Å². The van der Waals surface area contributed by atoms with Crippen molar-refractivity contribution in [2.75, 3.05) is 13.6 Å². The fourth-order valence-corrected chi connectivity index (χ4v) is 2.93. The zero-order valence-corrected chi connectivity index (χ0v) is 12.3. The Morgan fingerprint density at radius 3 is 2.33 bits per heavy atom. The Kier molecular flexibility index (Phi) is 6.69. The average Bonchev–Trinajstić information content (AvgIpc) is 2.43. The van der Waals surface area contributed by atoms with Crippen molar-refractivity contribution < 1.29 is 4.79 Å². The summed E-state index contributed by atoms with van der Waals surface area (Å²) < 4.78 is 0. The molecular weight excluding hydrogens is 224 g/mol. The molecule has 18 heavy (non-hydrogen) atoms. The van der Waals surface area contributed by atoms with Gasteiger partial charge in [-0.3, -0.25) is 4.79 Å². The average molecular weight is 254 g/mol. The predicted octanol–water partition coefficient (Wildman–Crippen LogP) is 2.79. The Morgan fingerprint density at radius 2 is 1.89 bits per heavy atom.